The Bertz CT molecular complexity index is 1510. The van der Waals surface area contributed by atoms with Gasteiger partial charge in [-0.15, -0.1) is 0 Å². The first-order chi connectivity index (χ1) is 18.3. The molecule has 1 atom stereocenters. The number of esters is 1. The van der Waals surface area contributed by atoms with Gasteiger partial charge in [-0.3, -0.25) is 4.79 Å². The minimum Gasteiger partial charge on any atom is -0.493 e. The second-order valence-electron chi connectivity index (χ2n) is 8.93. The van der Waals surface area contributed by atoms with Crippen LogP contribution < -0.4 is 14.8 Å². The first kappa shape index (κ1) is 26.3. The van der Waals surface area contributed by atoms with Crippen molar-refractivity contribution in [3.8, 4) is 11.5 Å². The van der Waals surface area contributed by atoms with Crippen molar-refractivity contribution in [2.45, 2.75) is 26.4 Å². The van der Waals surface area contributed by atoms with Crippen molar-refractivity contribution >= 4 is 49.3 Å². The largest absolute Gasteiger partial charge is 0.493 e. The molecule has 0 bridgehead atoms. The quantitative estimate of drug-likeness (QED) is 0.283. The molecule has 1 aliphatic carbocycles. The molecule has 38 heavy (non-hydrogen) atoms. The van der Waals surface area contributed by atoms with E-state index in [-0.39, 0.29) is 12.4 Å². The summed E-state index contributed by atoms with van der Waals surface area (Å²) < 4.78 is 18.9. The lowest BCUT2D eigenvalue weighted by molar-refractivity contribution is -0.138. The third-order valence-corrected chi connectivity index (χ3v) is 7.74. The number of ether oxygens (including phenoxy) is 3. The van der Waals surface area contributed by atoms with Gasteiger partial charge in [-0.1, -0.05) is 52.3 Å². The number of benzene rings is 3. The molecular formula is C30H25Br2NO5. The van der Waals surface area contributed by atoms with E-state index in [0.29, 0.717) is 56.2 Å². The Morgan fingerprint density at radius 3 is 2.42 bits per heavy atom. The van der Waals surface area contributed by atoms with E-state index in [1.807, 2.05) is 67.6 Å². The lowest BCUT2D eigenvalue weighted by Crippen LogP contribution is -2.29. The predicted molar refractivity (Wildman–Crippen MR) is 152 cm³/mol. The number of ketones is 1. The predicted octanol–water partition coefficient (Wildman–Crippen LogP) is 6.93. The van der Waals surface area contributed by atoms with E-state index in [1.54, 1.807) is 14.0 Å². The normalized spacial score (nSPS) is 16.1. The Labute approximate surface area is 237 Å². The highest BCUT2D eigenvalue weighted by Crippen LogP contribution is 2.49. The molecule has 1 aliphatic heterocycles. The number of nitrogens with one attached hydrogen (secondary N) is 1. The highest BCUT2D eigenvalue weighted by molar-refractivity contribution is 9.10. The van der Waals surface area contributed by atoms with E-state index in [4.69, 9.17) is 14.2 Å². The molecule has 0 saturated heterocycles. The number of rotatable bonds is 7. The Hall–Kier alpha value is -3.36. The van der Waals surface area contributed by atoms with E-state index in [0.717, 1.165) is 15.6 Å². The average molecular weight is 639 g/mol. The zero-order chi connectivity index (χ0) is 27.0. The molecule has 0 saturated carbocycles. The van der Waals surface area contributed by atoms with Gasteiger partial charge in [0.25, 0.3) is 0 Å². The summed E-state index contributed by atoms with van der Waals surface area (Å²) >= 11 is 7.09. The van der Waals surface area contributed by atoms with Crippen molar-refractivity contribution in [1.29, 1.82) is 0 Å². The van der Waals surface area contributed by atoms with Crippen LogP contribution in [0.25, 0.3) is 5.70 Å². The summed E-state index contributed by atoms with van der Waals surface area (Å²) in [5, 5.41) is 3.32. The SMILES string of the molecule is CCOC(=O)C1=C(C)NC2=C(C(=O)c3ccccc32)[C@@H]1c1cc(Br)c(OCc2ccc(Br)cc2)c(OC)c1. The third-order valence-electron chi connectivity index (χ3n) is 6.63. The van der Waals surface area contributed by atoms with Gasteiger partial charge in [0.1, 0.15) is 6.61 Å². The fourth-order valence-corrected chi connectivity index (χ4v) is 5.76. The van der Waals surface area contributed by atoms with Gasteiger partial charge in [-0.05, 0) is 65.2 Å². The average Bonchev–Trinajstić information content (AvgIpc) is 3.19. The van der Waals surface area contributed by atoms with Crippen LogP contribution in [0.15, 0.2) is 86.5 Å². The van der Waals surface area contributed by atoms with Crippen molar-refractivity contribution in [3.05, 3.63) is 109 Å². The van der Waals surface area contributed by atoms with Crippen LogP contribution in [0.4, 0.5) is 0 Å². The van der Waals surface area contributed by atoms with E-state index in [9.17, 15) is 9.59 Å². The highest BCUT2D eigenvalue weighted by Gasteiger charge is 2.43. The van der Waals surface area contributed by atoms with Crippen molar-refractivity contribution in [2.24, 2.45) is 0 Å². The summed E-state index contributed by atoms with van der Waals surface area (Å²) in [6, 6.07) is 19.0. The maximum absolute atomic E-state index is 13.7. The molecule has 0 unspecified atom stereocenters. The Morgan fingerprint density at radius 2 is 1.74 bits per heavy atom. The Morgan fingerprint density at radius 1 is 1.03 bits per heavy atom. The molecule has 1 N–H and O–H groups in total. The molecule has 0 fully saturated rings. The van der Waals surface area contributed by atoms with Crippen molar-refractivity contribution < 1.29 is 23.8 Å². The maximum atomic E-state index is 13.7. The standard InChI is InChI=1S/C30H25Br2NO5/c1-4-37-30(35)24-16(2)33-27-20-7-5-6-8-21(20)28(34)26(27)25(24)18-13-22(32)29(23(14-18)36-3)38-15-17-9-11-19(31)12-10-17/h5-14,25,33H,4,15H2,1-3H3/t25-/m1/s1. The third kappa shape index (κ3) is 4.67. The van der Waals surface area contributed by atoms with Gasteiger partial charge in [-0.2, -0.15) is 0 Å². The van der Waals surface area contributed by atoms with Crippen LogP contribution in [0.2, 0.25) is 0 Å². The number of dihydropyridines is 1. The fraction of sp³-hybridized carbons (Fsp3) is 0.200. The molecule has 1 heterocycles. The number of hydrogen-bond acceptors (Lipinski definition) is 6. The van der Waals surface area contributed by atoms with Gasteiger partial charge in [0.15, 0.2) is 17.3 Å². The molecule has 2 aliphatic rings. The highest BCUT2D eigenvalue weighted by atomic mass is 79.9. The Kier molecular flexibility index (Phi) is 7.45. The summed E-state index contributed by atoms with van der Waals surface area (Å²) in [5.41, 5.74) is 5.39. The molecule has 5 rings (SSSR count). The van der Waals surface area contributed by atoms with E-state index in [2.05, 4.69) is 37.2 Å². The van der Waals surface area contributed by atoms with Crippen LogP contribution in [-0.4, -0.2) is 25.5 Å². The second-order valence-corrected chi connectivity index (χ2v) is 10.7. The van der Waals surface area contributed by atoms with Gasteiger partial charge >= 0.3 is 5.97 Å². The zero-order valence-electron chi connectivity index (χ0n) is 21.1. The summed E-state index contributed by atoms with van der Waals surface area (Å²) in [7, 11) is 1.56. The zero-order valence-corrected chi connectivity index (χ0v) is 24.2. The fourth-order valence-electron chi connectivity index (χ4n) is 4.92. The minimum absolute atomic E-state index is 0.118. The van der Waals surface area contributed by atoms with Gasteiger partial charge < -0.3 is 19.5 Å². The monoisotopic (exact) mass is 637 g/mol. The summed E-state index contributed by atoms with van der Waals surface area (Å²) in [6.45, 7) is 4.15. The molecule has 0 spiro atoms. The second kappa shape index (κ2) is 10.8. The van der Waals surface area contributed by atoms with Gasteiger partial charge in [0, 0.05) is 32.8 Å². The topological polar surface area (TPSA) is 73.9 Å². The number of halogens is 2. The van der Waals surface area contributed by atoms with Crippen LogP contribution in [0.5, 0.6) is 11.5 Å². The number of carbonyl (C=O) groups excluding carboxylic acids is 2. The maximum Gasteiger partial charge on any atom is 0.336 e. The lowest BCUT2D eigenvalue weighted by Gasteiger charge is -2.30. The minimum atomic E-state index is -0.657. The summed E-state index contributed by atoms with van der Waals surface area (Å²) in [5.74, 6) is -0.231. The van der Waals surface area contributed by atoms with Crippen LogP contribution in [0.1, 0.15) is 46.8 Å². The first-order valence-electron chi connectivity index (χ1n) is 12.1. The van der Waals surface area contributed by atoms with E-state index >= 15 is 0 Å². The summed E-state index contributed by atoms with van der Waals surface area (Å²) in [6.07, 6.45) is 0. The number of allylic oxidation sites excluding steroid dienone is 2. The van der Waals surface area contributed by atoms with Crippen LogP contribution in [-0.2, 0) is 16.1 Å². The van der Waals surface area contributed by atoms with E-state index in [1.165, 1.54) is 0 Å². The number of Topliss-reactive ketones (excluding diaryl/α,β-unsaturated/α-hetero) is 1. The number of hydrogen-bond donors (Lipinski definition) is 1. The van der Waals surface area contributed by atoms with Crippen molar-refractivity contribution in [2.75, 3.05) is 13.7 Å². The molecule has 0 aromatic heterocycles. The lowest BCUT2D eigenvalue weighted by atomic mass is 9.79. The molecule has 0 radical (unpaired) electrons. The molecule has 8 heteroatoms. The van der Waals surface area contributed by atoms with Crippen molar-refractivity contribution in [3.63, 3.8) is 0 Å². The molecule has 194 valence electrons. The molecule has 0 amide bonds. The molecule has 6 nitrogen and oxygen atoms in total. The van der Waals surface area contributed by atoms with Crippen LogP contribution in [0, 0.1) is 0 Å². The molecule has 3 aromatic carbocycles. The van der Waals surface area contributed by atoms with Gasteiger partial charge in [0.2, 0.25) is 0 Å². The smallest absolute Gasteiger partial charge is 0.336 e. The first-order valence-corrected chi connectivity index (χ1v) is 13.7. The van der Waals surface area contributed by atoms with E-state index < -0.39 is 11.9 Å². The van der Waals surface area contributed by atoms with Crippen LogP contribution in [0.3, 0.4) is 0 Å². The number of carbonyl (C=O) groups is 2. The molecular weight excluding hydrogens is 614 g/mol. The number of methoxy groups -OCH3 is 1. The molecule has 3 aromatic rings. The Balaban J connectivity index is 1.60. The summed E-state index contributed by atoms with van der Waals surface area (Å²) in [4.78, 5) is 26.9. The van der Waals surface area contributed by atoms with Gasteiger partial charge in [0.05, 0.1) is 29.5 Å². The van der Waals surface area contributed by atoms with Gasteiger partial charge in [-0.25, -0.2) is 4.79 Å². The number of fused-ring (bicyclic) bond motifs is 2. The van der Waals surface area contributed by atoms with Crippen molar-refractivity contribution in [1.82, 2.24) is 5.32 Å². The van der Waals surface area contributed by atoms with Crippen LogP contribution >= 0.6 is 31.9 Å².